The van der Waals surface area contributed by atoms with Gasteiger partial charge in [0, 0.05) is 13.1 Å². The first-order valence-corrected chi connectivity index (χ1v) is 3.81. The van der Waals surface area contributed by atoms with Crippen molar-refractivity contribution in [1.82, 2.24) is 5.32 Å². The lowest BCUT2D eigenvalue weighted by Crippen LogP contribution is -2.55. The zero-order valence-corrected chi connectivity index (χ0v) is 8.04. The molecule has 0 aliphatic carbocycles. The second-order valence-corrected chi connectivity index (χ2v) is 3.15. The van der Waals surface area contributed by atoms with Crippen LogP contribution in [-0.2, 0) is 4.74 Å². The van der Waals surface area contributed by atoms with Gasteiger partial charge in [0.2, 0.25) is 0 Å². The number of rotatable bonds is 4. The minimum absolute atomic E-state index is 0. The van der Waals surface area contributed by atoms with Gasteiger partial charge in [-0.15, -0.1) is 12.4 Å². The monoisotopic (exact) mass is 219 g/mol. The molecule has 1 fully saturated rings. The molecule has 0 bridgehead atoms. The molecule has 80 valence electrons. The average molecular weight is 220 g/mol. The van der Waals surface area contributed by atoms with Crippen molar-refractivity contribution in [2.75, 3.05) is 19.8 Å². The van der Waals surface area contributed by atoms with Crippen LogP contribution in [0.15, 0.2) is 0 Å². The van der Waals surface area contributed by atoms with Crippen molar-refractivity contribution in [2.24, 2.45) is 0 Å². The lowest BCUT2D eigenvalue weighted by molar-refractivity contribution is -0.177. The lowest BCUT2D eigenvalue weighted by atomic mass is 10.1. The highest BCUT2D eigenvalue weighted by Crippen LogP contribution is 2.23. The molecule has 1 N–H and O–H groups in total. The molecule has 13 heavy (non-hydrogen) atoms. The van der Waals surface area contributed by atoms with Crippen LogP contribution in [0.2, 0.25) is 0 Å². The van der Waals surface area contributed by atoms with E-state index in [9.17, 15) is 13.2 Å². The van der Waals surface area contributed by atoms with E-state index >= 15 is 0 Å². The number of nitrogens with one attached hydrogen (secondary N) is 1. The predicted molar refractivity (Wildman–Crippen MR) is 45.4 cm³/mol. The van der Waals surface area contributed by atoms with Crippen LogP contribution < -0.4 is 5.32 Å². The molecule has 1 heterocycles. The van der Waals surface area contributed by atoms with Gasteiger partial charge < -0.3 is 10.1 Å². The van der Waals surface area contributed by atoms with E-state index in [-0.39, 0.29) is 18.5 Å². The van der Waals surface area contributed by atoms with Crippen molar-refractivity contribution in [3.63, 3.8) is 0 Å². The third-order valence-electron chi connectivity index (χ3n) is 1.91. The highest BCUT2D eigenvalue weighted by Gasteiger charge is 2.40. The lowest BCUT2D eigenvalue weighted by Gasteiger charge is -2.35. The maximum atomic E-state index is 12.2. The van der Waals surface area contributed by atoms with E-state index in [4.69, 9.17) is 4.74 Å². The van der Waals surface area contributed by atoms with Crippen LogP contribution in [0, 0.1) is 0 Å². The van der Waals surface area contributed by atoms with E-state index in [0.29, 0.717) is 13.1 Å². The van der Waals surface area contributed by atoms with Crippen molar-refractivity contribution >= 4 is 12.4 Å². The second kappa shape index (κ2) is 5.02. The van der Waals surface area contributed by atoms with Gasteiger partial charge in [0.15, 0.2) is 5.60 Å². The molecule has 2 nitrogen and oxygen atoms in total. The molecule has 0 aromatic carbocycles. The number of ether oxygens (including phenoxy) is 1. The van der Waals surface area contributed by atoms with Crippen LogP contribution in [0.5, 0.6) is 0 Å². The zero-order chi connectivity index (χ0) is 9.19. The Hall–Kier alpha value is -0.0000000000000000555. The standard InChI is InChI=1S/C7H12F3NO.ClH/c1-7(4-8,6(9)10)12-5-2-11-3-5;/h5-6,11H,2-4H2,1H3;1H. The molecule has 1 aliphatic heterocycles. The topological polar surface area (TPSA) is 21.3 Å². The smallest absolute Gasteiger partial charge is 0.269 e. The van der Waals surface area contributed by atoms with Gasteiger partial charge in [-0.25, -0.2) is 13.2 Å². The third-order valence-corrected chi connectivity index (χ3v) is 1.91. The molecule has 1 atom stereocenters. The maximum Gasteiger partial charge on any atom is 0.269 e. The summed E-state index contributed by atoms with van der Waals surface area (Å²) in [5, 5.41) is 2.85. The largest absolute Gasteiger partial charge is 0.361 e. The van der Waals surface area contributed by atoms with Gasteiger partial charge in [0.05, 0.1) is 6.10 Å². The number of hydrogen-bond donors (Lipinski definition) is 1. The number of hydrogen-bond acceptors (Lipinski definition) is 2. The SMILES string of the molecule is CC(CF)(OC1CNC1)C(F)F.Cl. The summed E-state index contributed by atoms with van der Waals surface area (Å²) in [5.41, 5.74) is -1.92. The van der Waals surface area contributed by atoms with Gasteiger partial charge in [0.25, 0.3) is 6.43 Å². The summed E-state index contributed by atoms with van der Waals surface area (Å²) in [4.78, 5) is 0. The summed E-state index contributed by atoms with van der Waals surface area (Å²) in [6.07, 6.45) is -3.04. The van der Waals surface area contributed by atoms with Crippen molar-refractivity contribution in [1.29, 1.82) is 0 Å². The fraction of sp³-hybridized carbons (Fsp3) is 1.00. The van der Waals surface area contributed by atoms with Crippen LogP contribution >= 0.6 is 12.4 Å². The fourth-order valence-electron chi connectivity index (χ4n) is 0.868. The number of alkyl halides is 3. The minimum Gasteiger partial charge on any atom is -0.361 e. The molecule has 1 aliphatic rings. The molecule has 6 heteroatoms. The Morgan fingerprint density at radius 1 is 1.54 bits per heavy atom. The summed E-state index contributed by atoms with van der Waals surface area (Å²) >= 11 is 0. The number of halogens is 4. The normalized spacial score (nSPS) is 21.9. The van der Waals surface area contributed by atoms with E-state index in [0.717, 1.165) is 6.92 Å². The third kappa shape index (κ3) is 3.00. The summed E-state index contributed by atoms with van der Waals surface area (Å²) in [7, 11) is 0. The Bertz CT molecular complexity index is 157. The molecule has 0 spiro atoms. The van der Waals surface area contributed by atoms with E-state index < -0.39 is 18.7 Å². The molecule has 0 amide bonds. The van der Waals surface area contributed by atoms with Crippen LogP contribution in [0.25, 0.3) is 0 Å². The Morgan fingerprint density at radius 3 is 2.31 bits per heavy atom. The van der Waals surface area contributed by atoms with Crippen molar-refractivity contribution < 1.29 is 17.9 Å². The van der Waals surface area contributed by atoms with Crippen LogP contribution in [0.4, 0.5) is 13.2 Å². The van der Waals surface area contributed by atoms with Gasteiger partial charge in [-0.3, -0.25) is 0 Å². The maximum absolute atomic E-state index is 12.2. The van der Waals surface area contributed by atoms with E-state index in [1.807, 2.05) is 0 Å². The van der Waals surface area contributed by atoms with Crippen LogP contribution in [0.3, 0.4) is 0 Å². The first kappa shape index (κ1) is 13.0. The van der Waals surface area contributed by atoms with Crippen molar-refractivity contribution in [3.8, 4) is 0 Å². The Balaban J connectivity index is 0.00000144. The Labute approximate surface area is 81.2 Å². The first-order chi connectivity index (χ1) is 5.58. The van der Waals surface area contributed by atoms with Gasteiger partial charge in [-0.05, 0) is 6.92 Å². The van der Waals surface area contributed by atoms with E-state index in [1.54, 1.807) is 0 Å². The second-order valence-electron chi connectivity index (χ2n) is 3.15. The van der Waals surface area contributed by atoms with Crippen LogP contribution in [0.1, 0.15) is 6.92 Å². The summed E-state index contributed by atoms with van der Waals surface area (Å²) in [5.74, 6) is 0. The summed E-state index contributed by atoms with van der Waals surface area (Å²) in [6.45, 7) is 1.00. The van der Waals surface area contributed by atoms with E-state index in [2.05, 4.69) is 5.32 Å². The summed E-state index contributed by atoms with van der Waals surface area (Å²) < 4.78 is 41.5. The Morgan fingerprint density at radius 2 is 2.08 bits per heavy atom. The zero-order valence-electron chi connectivity index (χ0n) is 7.23. The first-order valence-electron chi connectivity index (χ1n) is 3.81. The molecule has 1 saturated heterocycles. The fourth-order valence-corrected chi connectivity index (χ4v) is 0.868. The molecular weight excluding hydrogens is 207 g/mol. The molecular formula is C7H13ClF3NO. The predicted octanol–water partition coefficient (Wildman–Crippen LogP) is 1.39. The summed E-state index contributed by atoms with van der Waals surface area (Å²) in [6, 6.07) is 0. The van der Waals surface area contributed by atoms with Crippen LogP contribution in [-0.4, -0.2) is 37.9 Å². The van der Waals surface area contributed by atoms with Crippen molar-refractivity contribution in [2.45, 2.75) is 25.1 Å². The molecule has 0 aromatic heterocycles. The molecule has 0 radical (unpaired) electrons. The quantitative estimate of drug-likeness (QED) is 0.772. The van der Waals surface area contributed by atoms with Gasteiger partial charge >= 0.3 is 0 Å². The van der Waals surface area contributed by atoms with Crippen molar-refractivity contribution in [3.05, 3.63) is 0 Å². The van der Waals surface area contributed by atoms with Gasteiger partial charge in [-0.1, -0.05) is 0 Å². The molecule has 1 unspecified atom stereocenters. The highest BCUT2D eigenvalue weighted by atomic mass is 35.5. The average Bonchev–Trinajstić information content (AvgIpc) is 1.96. The molecule has 1 rings (SSSR count). The molecule has 0 saturated carbocycles. The van der Waals surface area contributed by atoms with Gasteiger partial charge in [-0.2, -0.15) is 0 Å². The van der Waals surface area contributed by atoms with Gasteiger partial charge in [0.1, 0.15) is 6.67 Å². The Kier molecular flexibility index (Phi) is 5.02. The molecule has 0 aromatic rings. The minimum atomic E-state index is -2.77. The van der Waals surface area contributed by atoms with E-state index in [1.165, 1.54) is 0 Å². The highest BCUT2D eigenvalue weighted by molar-refractivity contribution is 5.85.